The standard InChI is InChI=1S/C20H20N2O3/c1-24-17-9-12-5-8-22-19(16(12)10-18(17)25-2)15-4-3-13-11-21-7-6-14(13)20(15)23/h3-4,6-7,9-11,19,22-23H,5,8H2,1-2H3. The molecular weight excluding hydrogens is 316 g/mol. The number of ether oxygens (including phenoxy) is 2. The quantitative estimate of drug-likeness (QED) is 0.769. The number of pyridine rings is 1. The number of phenols is 1. The molecule has 1 atom stereocenters. The predicted molar refractivity (Wildman–Crippen MR) is 96.5 cm³/mol. The predicted octanol–water partition coefficient (Wildman–Crippen LogP) is 3.19. The van der Waals surface area contributed by atoms with Gasteiger partial charge >= 0.3 is 0 Å². The minimum atomic E-state index is -0.0962. The van der Waals surface area contributed by atoms with Crippen molar-refractivity contribution in [3.05, 3.63) is 59.4 Å². The average molecular weight is 336 g/mol. The van der Waals surface area contributed by atoms with Gasteiger partial charge in [-0.3, -0.25) is 4.98 Å². The molecule has 0 radical (unpaired) electrons. The van der Waals surface area contributed by atoms with Crippen LogP contribution in [0.5, 0.6) is 17.2 Å². The van der Waals surface area contributed by atoms with Crippen LogP contribution in [0.2, 0.25) is 0 Å². The van der Waals surface area contributed by atoms with Crippen LogP contribution in [0.25, 0.3) is 10.8 Å². The Morgan fingerprint density at radius 3 is 2.68 bits per heavy atom. The summed E-state index contributed by atoms with van der Waals surface area (Å²) >= 11 is 0. The van der Waals surface area contributed by atoms with Crippen molar-refractivity contribution in [2.45, 2.75) is 12.5 Å². The lowest BCUT2D eigenvalue weighted by molar-refractivity contribution is 0.352. The second-order valence-electron chi connectivity index (χ2n) is 6.14. The molecule has 5 heteroatoms. The van der Waals surface area contributed by atoms with E-state index in [1.807, 2.05) is 30.3 Å². The first-order valence-corrected chi connectivity index (χ1v) is 8.26. The minimum absolute atomic E-state index is 0.0962. The molecule has 4 rings (SSSR count). The molecular formula is C20H20N2O3. The number of nitrogens with zero attached hydrogens (tertiary/aromatic N) is 1. The van der Waals surface area contributed by atoms with E-state index in [2.05, 4.69) is 10.3 Å². The number of hydrogen-bond acceptors (Lipinski definition) is 5. The van der Waals surface area contributed by atoms with Crippen molar-refractivity contribution in [3.8, 4) is 17.2 Å². The maximum absolute atomic E-state index is 10.8. The Morgan fingerprint density at radius 2 is 1.88 bits per heavy atom. The molecule has 0 fully saturated rings. The van der Waals surface area contributed by atoms with E-state index in [1.54, 1.807) is 26.6 Å². The van der Waals surface area contributed by atoms with Crippen LogP contribution in [0.1, 0.15) is 22.7 Å². The zero-order chi connectivity index (χ0) is 17.4. The average Bonchev–Trinajstić information content (AvgIpc) is 2.67. The van der Waals surface area contributed by atoms with Crippen molar-refractivity contribution in [2.24, 2.45) is 0 Å². The molecule has 2 heterocycles. The van der Waals surface area contributed by atoms with Crippen molar-refractivity contribution < 1.29 is 14.6 Å². The summed E-state index contributed by atoms with van der Waals surface area (Å²) in [5, 5.41) is 16.1. The normalized spacial score (nSPS) is 16.5. The van der Waals surface area contributed by atoms with Crippen LogP contribution in [-0.4, -0.2) is 30.9 Å². The second-order valence-corrected chi connectivity index (χ2v) is 6.14. The van der Waals surface area contributed by atoms with Crippen molar-refractivity contribution in [1.82, 2.24) is 10.3 Å². The molecule has 128 valence electrons. The van der Waals surface area contributed by atoms with Gasteiger partial charge in [0.15, 0.2) is 11.5 Å². The van der Waals surface area contributed by atoms with Crippen LogP contribution in [0.3, 0.4) is 0 Å². The molecule has 0 saturated carbocycles. The van der Waals surface area contributed by atoms with E-state index in [0.717, 1.165) is 40.6 Å². The topological polar surface area (TPSA) is 63.6 Å². The van der Waals surface area contributed by atoms with Gasteiger partial charge in [-0.15, -0.1) is 0 Å². The number of benzene rings is 2. The number of phenolic OH excluding ortho intramolecular Hbond substituents is 1. The summed E-state index contributed by atoms with van der Waals surface area (Å²) in [6.07, 6.45) is 4.36. The molecule has 1 aliphatic heterocycles. The summed E-state index contributed by atoms with van der Waals surface area (Å²) in [5.74, 6) is 1.72. The first-order chi connectivity index (χ1) is 12.2. The molecule has 1 unspecified atom stereocenters. The zero-order valence-corrected chi connectivity index (χ0v) is 14.2. The van der Waals surface area contributed by atoms with Crippen LogP contribution in [0.4, 0.5) is 0 Å². The van der Waals surface area contributed by atoms with Gasteiger partial charge in [0.2, 0.25) is 0 Å². The fourth-order valence-corrected chi connectivity index (χ4v) is 3.56. The lowest BCUT2D eigenvalue weighted by Gasteiger charge is -2.29. The van der Waals surface area contributed by atoms with Crippen molar-refractivity contribution in [2.75, 3.05) is 20.8 Å². The van der Waals surface area contributed by atoms with Crippen LogP contribution >= 0.6 is 0 Å². The number of fused-ring (bicyclic) bond motifs is 2. The molecule has 1 aliphatic rings. The van der Waals surface area contributed by atoms with Crippen LogP contribution in [0, 0.1) is 0 Å². The third-order valence-corrected chi connectivity index (χ3v) is 4.83. The first-order valence-electron chi connectivity index (χ1n) is 8.26. The minimum Gasteiger partial charge on any atom is -0.507 e. The smallest absolute Gasteiger partial charge is 0.161 e. The second kappa shape index (κ2) is 6.26. The van der Waals surface area contributed by atoms with Gasteiger partial charge in [0.25, 0.3) is 0 Å². The van der Waals surface area contributed by atoms with Gasteiger partial charge in [0.1, 0.15) is 5.75 Å². The number of nitrogens with one attached hydrogen (secondary N) is 1. The van der Waals surface area contributed by atoms with E-state index < -0.39 is 0 Å². The Morgan fingerprint density at radius 1 is 1.08 bits per heavy atom. The van der Waals surface area contributed by atoms with Crippen molar-refractivity contribution in [3.63, 3.8) is 0 Å². The molecule has 0 saturated heterocycles. The van der Waals surface area contributed by atoms with Crippen LogP contribution < -0.4 is 14.8 Å². The van der Waals surface area contributed by atoms with E-state index in [9.17, 15) is 5.11 Å². The summed E-state index contributed by atoms with van der Waals surface area (Å²) in [6.45, 7) is 0.834. The molecule has 2 aromatic carbocycles. The molecule has 0 amide bonds. The molecule has 3 aromatic rings. The third kappa shape index (κ3) is 2.57. The van der Waals surface area contributed by atoms with Crippen LogP contribution in [-0.2, 0) is 6.42 Å². The van der Waals surface area contributed by atoms with Crippen molar-refractivity contribution in [1.29, 1.82) is 0 Å². The summed E-state index contributed by atoms with van der Waals surface area (Å²) in [5.41, 5.74) is 3.16. The van der Waals surface area contributed by atoms with Gasteiger partial charge in [-0.05, 0) is 35.7 Å². The van der Waals surface area contributed by atoms with E-state index in [1.165, 1.54) is 5.56 Å². The Kier molecular flexibility index (Phi) is 3.93. The monoisotopic (exact) mass is 336 g/mol. The summed E-state index contributed by atoms with van der Waals surface area (Å²) in [4.78, 5) is 4.12. The van der Waals surface area contributed by atoms with Gasteiger partial charge in [0, 0.05) is 35.3 Å². The highest BCUT2D eigenvalue weighted by Crippen LogP contribution is 2.41. The summed E-state index contributed by atoms with van der Waals surface area (Å²) < 4.78 is 10.9. The Balaban J connectivity index is 1.87. The molecule has 1 aromatic heterocycles. The third-order valence-electron chi connectivity index (χ3n) is 4.83. The van der Waals surface area contributed by atoms with Gasteiger partial charge in [-0.1, -0.05) is 12.1 Å². The highest BCUT2D eigenvalue weighted by Gasteiger charge is 2.26. The molecule has 0 bridgehead atoms. The van der Waals surface area contributed by atoms with Gasteiger partial charge < -0.3 is 19.9 Å². The molecule has 0 aliphatic carbocycles. The molecule has 0 spiro atoms. The zero-order valence-electron chi connectivity index (χ0n) is 14.2. The Bertz CT molecular complexity index is 940. The number of methoxy groups -OCH3 is 2. The number of hydrogen-bond donors (Lipinski definition) is 2. The van der Waals surface area contributed by atoms with E-state index in [-0.39, 0.29) is 6.04 Å². The van der Waals surface area contributed by atoms with Gasteiger partial charge in [-0.2, -0.15) is 0 Å². The lowest BCUT2D eigenvalue weighted by atomic mass is 9.88. The number of aromatic hydroxyl groups is 1. The fourth-order valence-electron chi connectivity index (χ4n) is 3.56. The van der Waals surface area contributed by atoms with E-state index in [4.69, 9.17) is 9.47 Å². The van der Waals surface area contributed by atoms with E-state index in [0.29, 0.717) is 11.5 Å². The Hall–Kier alpha value is -2.79. The molecule has 2 N–H and O–H groups in total. The molecule has 5 nitrogen and oxygen atoms in total. The summed E-state index contributed by atoms with van der Waals surface area (Å²) in [7, 11) is 3.28. The highest BCUT2D eigenvalue weighted by atomic mass is 16.5. The SMILES string of the molecule is COc1cc2c(cc1OC)C(c1ccc3cnccc3c1O)NCC2. The summed E-state index contributed by atoms with van der Waals surface area (Å²) in [6, 6.07) is 9.73. The molecule has 25 heavy (non-hydrogen) atoms. The Labute approximate surface area is 146 Å². The van der Waals surface area contributed by atoms with Gasteiger partial charge in [-0.25, -0.2) is 0 Å². The van der Waals surface area contributed by atoms with Gasteiger partial charge in [0.05, 0.1) is 20.3 Å². The first kappa shape index (κ1) is 15.7. The van der Waals surface area contributed by atoms with Crippen molar-refractivity contribution >= 4 is 10.8 Å². The highest BCUT2D eigenvalue weighted by molar-refractivity contribution is 5.88. The van der Waals surface area contributed by atoms with E-state index >= 15 is 0 Å². The maximum Gasteiger partial charge on any atom is 0.161 e. The largest absolute Gasteiger partial charge is 0.507 e. The number of rotatable bonds is 3. The number of aromatic nitrogens is 1. The lowest BCUT2D eigenvalue weighted by Crippen LogP contribution is -2.30. The fraction of sp³-hybridized carbons (Fsp3) is 0.250. The van der Waals surface area contributed by atoms with Crippen LogP contribution in [0.15, 0.2) is 42.7 Å². The maximum atomic E-state index is 10.8.